The van der Waals surface area contributed by atoms with E-state index in [-0.39, 0.29) is 18.3 Å². The number of tetrazole rings is 1. The maximum Gasteiger partial charge on any atom is 0.321 e. The van der Waals surface area contributed by atoms with E-state index in [2.05, 4.69) is 20.8 Å². The van der Waals surface area contributed by atoms with E-state index in [1.54, 1.807) is 31.3 Å². The smallest absolute Gasteiger partial charge is 0.321 e. The van der Waals surface area contributed by atoms with Crippen LogP contribution >= 0.6 is 0 Å². The molecule has 0 saturated heterocycles. The number of benzene rings is 2. The summed E-state index contributed by atoms with van der Waals surface area (Å²) in [6.07, 6.45) is 2.19. The van der Waals surface area contributed by atoms with E-state index in [1.165, 1.54) is 18.1 Å². The van der Waals surface area contributed by atoms with Gasteiger partial charge in [-0.05, 0) is 65.2 Å². The number of nitrogens with one attached hydrogen (secondary N) is 1. The molecule has 1 saturated carbocycles. The van der Waals surface area contributed by atoms with Crippen molar-refractivity contribution in [2.45, 2.75) is 25.4 Å². The van der Waals surface area contributed by atoms with Gasteiger partial charge in [0.15, 0.2) is 17.4 Å². The van der Waals surface area contributed by atoms with Crippen LogP contribution in [0.4, 0.5) is 14.9 Å². The third-order valence-electron chi connectivity index (χ3n) is 4.76. The molecule has 9 heteroatoms. The molecule has 3 aromatic rings. The molecule has 8 nitrogen and oxygen atoms in total. The molecule has 0 spiro atoms. The first-order valence-electron chi connectivity index (χ1n) is 9.28. The summed E-state index contributed by atoms with van der Waals surface area (Å²) in [4.78, 5) is 13.9. The predicted molar refractivity (Wildman–Crippen MR) is 105 cm³/mol. The van der Waals surface area contributed by atoms with Crippen LogP contribution in [0.25, 0.3) is 11.4 Å². The fourth-order valence-corrected chi connectivity index (χ4v) is 3.02. The molecule has 4 rings (SSSR count). The maximum absolute atomic E-state index is 13.8. The fraction of sp³-hybridized carbons (Fsp3) is 0.300. The zero-order chi connectivity index (χ0) is 20.4. The van der Waals surface area contributed by atoms with Crippen LogP contribution in [-0.4, -0.2) is 45.3 Å². The van der Waals surface area contributed by atoms with Gasteiger partial charge in [-0.2, -0.15) is 0 Å². The topological polar surface area (TPSA) is 85.2 Å². The lowest BCUT2D eigenvalue weighted by Crippen LogP contribution is -2.30. The monoisotopic (exact) mass is 396 g/mol. The zero-order valence-corrected chi connectivity index (χ0v) is 16.2. The van der Waals surface area contributed by atoms with E-state index in [0.717, 1.165) is 24.2 Å². The molecular formula is C20H21FN6O2. The van der Waals surface area contributed by atoms with Gasteiger partial charge in [0.1, 0.15) is 0 Å². The molecule has 0 aliphatic heterocycles. The molecule has 1 aliphatic carbocycles. The fourth-order valence-electron chi connectivity index (χ4n) is 3.02. The lowest BCUT2D eigenvalue weighted by atomic mass is 10.2. The second-order valence-corrected chi connectivity index (χ2v) is 7.01. The van der Waals surface area contributed by atoms with Crippen molar-refractivity contribution in [3.63, 3.8) is 0 Å². The summed E-state index contributed by atoms with van der Waals surface area (Å²) in [5, 5.41) is 14.7. The summed E-state index contributed by atoms with van der Waals surface area (Å²) in [5.41, 5.74) is 2.21. The third kappa shape index (κ3) is 4.18. The van der Waals surface area contributed by atoms with Crippen LogP contribution in [0.2, 0.25) is 0 Å². The highest BCUT2D eigenvalue weighted by Gasteiger charge is 2.28. The average Bonchev–Trinajstić information content (AvgIpc) is 3.45. The number of nitrogens with zero attached hydrogens (tertiary/aromatic N) is 5. The van der Waals surface area contributed by atoms with Crippen LogP contribution in [0.3, 0.4) is 0 Å². The zero-order valence-electron chi connectivity index (χ0n) is 16.2. The number of anilines is 1. The van der Waals surface area contributed by atoms with E-state index in [9.17, 15) is 9.18 Å². The minimum Gasteiger partial charge on any atom is -0.494 e. The molecule has 0 atom stereocenters. The number of carbonyl (C=O) groups excluding carboxylic acids is 1. The van der Waals surface area contributed by atoms with Gasteiger partial charge in [0.2, 0.25) is 0 Å². The molecule has 0 unspecified atom stereocenters. The van der Waals surface area contributed by atoms with Gasteiger partial charge in [0.05, 0.1) is 13.2 Å². The normalized spacial score (nSPS) is 13.2. The number of amides is 2. The molecule has 2 aromatic carbocycles. The molecule has 1 aliphatic rings. The van der Waals surface area contributed by atoms with Crippen LogP contribution in [0.1, 0.15) is 24.4 Å². The highest BCUT2D eigenvalue weighted by molar-refractivity contribution is 5.89. The number of aromatic nitrogens is 4. The summed E-state index contributed by atoms with van der Waals surface area (Å²) in [5.74, 6) is 0.445. The highest BCUT2D eigenvalue weighted by atomic mass is 19.1. The first-order valence-corrected chi connectivity index (χ1v) is 9.28. The first kappa shape index (κ1) is 18.9. The van der Waals surface area contributed by atoms with Gasteiger partial charge in [-0.15, -0.1) is 5.10 Å². The molecule has 29 heavy (non-hydrogen) atoms. The second-order valence-electron chi connectivity index (χ2n) is 7.01. The number of hydrogen-bond acceptors (Lipinski definition) is 5. The summed E-state index contributed by atoms with van der Waals surface area (Å²) in [7, 11) is 3.06. The minimum atomic E-state index is -0.456. The largest absolute Gasteiger partial charge is 0.494 e. The van der Waals surface area contributed by atoms with Crippen molar-refractivity contribution in [2.24, 2.45) is 0 Å². The Balaban J connectivity index is 1.39. The standard InChI is InChI=1S/C20H21FN6O2/c1-26(12-13-3-10-18(29-2)17(21)11-13)20(28)22-15-6-4-14(5-7-15)19-23-24-25-27(19)16-8-9-16/h3-7,10-11,16H,8-9,12H2,1-2H3,(H,22,28). The van der Waals surface area contributed by atoms with Gasteiger partial charge in [0, 0.05) is 24.8 Å². The minimum absolute atomic E-state index is 0.175. The number of ether oxygens (including phenoxy) is 1. The van der Waals surface area contributed by atoms with Crippen LogP contribution < -0.4 is 10.1 Å². The van der Waals surface area contributed by atoms with E-state index in [0.29, 0.717) is 17.3 Å². The predicted octanol–water partition coefficient (Wildman–Crippen LogP) is 3.49. The van der Waals surface area contributed by atoms with Crippen molar-refractivity contribution in [1.82, 2.24) is 25.1 Å². The summed E-state index contributed by atoms with van der Waals surface area (Å²) in [6, 6.07) is 12.1. The van der Waals surface area contributed by atoms with Gasteiger partial charge >= 0.3 is 6.03 Å². The van der Waals surface area contributed by atoms with Gasteiger partial charge in [-0.3, -0.25) is 0 Å². The van der Waals surface area contributed by atoms with Gasteiger partial charge in [-0.1, -0.05) is 6.07 Å². The summed E-state index contributed by atoms with van der Waals surface area (Å²) >= 11 is 0. The Kier molecular flexibility index (Phi) is 5.11. The Morgan fingerprint density at radius 2 is 2.03 bits per heavy atom. The van der Waals surface area contributed by atoms with E-state index in [4.69, 9.17) is 4.74 Å². The number of halogens is 1. The van der Waals surface area contributed by atoms with Crippen LogP contribution in [0.15, 0.2) is 42.5 Å². The first-order chi connectivity index (χ1) is 14.0. The van der Waals surface area contributed by atoms with Crippen LogP contribution in [0.5, 0.6) is 5.75 Å². The molecule has 2 amide bonds. The summed E-state index contributed by atoms with van der Waals surface area (Å²) < 4.78 is 20.6. The van der Waals surface area contributed by atoms with Gasteiger partial charge in [-0.25, -0.2) is 13.9 Å². The molecule has 1 fully saturated rings. The van der Waals surface area contributed by atoms with Crippen LogP contribution in [0, 0.1) is 5.82 Å². The number of methoxy groups -OCH3 is 1. The Labute approximate surface area is 167 Å². The Hall–Kier alpha value is -3.49. The Morgan fingerprint density at radius 1 is 1.28 bits per heavy atom. The molecule has 1 heterocycles. The molecular weight excluding hydrogens is 375 g/mol. The quantitative estimate of drug-likeness (QED) is 0.689. The number of urea groups is 1. The Bertz CT molecular complexity index is 1020. The van der Waals surface area contributed by atoms with Crippen molar-refractivity contribution < 1.29 is 13.9 Å². The van der Waals surface area contributed by atoms with Crippen molar-refractivity contribution in [3.05, 3.63) is 53.8 Å². The van der Waals surface area contributed by atoms with Crippen molar-refractivity contribution in [2.75, 3.05) is 19.5 Å². The average molecular weight is 396 g/mol. The molecule has 0 bridgehead atoms. The Morgan fingerprint density at radius 3 is 2.69 bits per heavy atom. The van der Waals surface area contributed by atoms with Gasteiger partial charge in [0.25, 0.3) is 0 Å². The van der Waals surface area contributed by atoms with E-state index >= 15 is 0 Å². The van der Waals surface area contributed by atoms with Gasteiger partial charge < -0.3 is 15.0 Å². The highest BCUT2D eigenvalue weighted by Crippen LogP contribution is 2.36. The molecule has 1 aromatic heterocycles. The van der Waals surface area contributed by atoms with Crippen molar-refractivity contribution >= 4 is 11.7 Å². The van der Waals surface area contributed by atoms with Crippen LogP contribution in [-0.2, 0) is 6.54 Å². The second kappa shape index (κ2) is 7.86. The molecule has 0 radical (unpaired) electrons. The van der Waals surface area contributed by atoms with E-state index in [1.807, 2.05) is 16.8 Å². The SMILES string of the molecule is COc1ccc(CN(C)C(=O)Nc2ccc(-c3nnnn3C3CC3)cc2)cc1F. The van der Waals surface area contributed by atoms with E-state index < -0.39 is 5.82 Å². The number of carbonyl (C=O) groups is 1. The van der Waals surface area contributed by atoms with Crippen molar-refractivity contribution in [3.8, 4) is 17.1 Å². The third-order valence-corrected chi connectivity index (χ3v) is 4.76. The lowest BCUT2D eigenvalue weighted by molar-refractivity contribution is 0.220. The molecule has 1 N–H and O–H groups in total. The lowest BCUT2D eigenvalue weighted by Gasteiger charge is -2.18. The number of rotatable bonds is 6. The summed E-state index contributed by atoms with van der Waals surface area (Å²) in [6.45, 7) is 0.265. The number of hydrogen-bond donors (Lipinski definition) is 1. The maximum atomic E-state index is 13.8. The van der Waals surface area contributed by atoms with Crippen molar-refractivity contribution in [1.29, 1.82) is 0 Å². The molecule has 150 valence electrons.